The molecule has 2 heterocycles. The Morgan fingerprint density at radius 2 is 1.79 bits per heavy atom. The van der Waals surface area contributed by atoms with E-state index in [1.54, 1.807) is 12.1 Å². The average Bonchev–Trinajstić information content (AvgIpc) is 2.90. The lowest BCUT2D eigenvalue weighted by atomic mass is 10.1. The minimum absolute atomic E-state index is 0.0834. The first kappa shape index (κ1) is 28.0. The van der Waals surface area contributed by atoms with Gasteiger partial charge in [-0.1, -0.05) is 50.1 Å². The molecular formula is C29H39N5O3S. The van der Waals surface area contributed by atoms with E-state index in [9.17, 15) is 13.2 Å². The van der Waals surface area contributed by atoms with Crippen LogP contribution >= 0.6 is 0 Å². The Kier molecular flexibility index (Phi) is 9.71. The number of anilines is 1. The number of sulfonamides is 1. The molecule has 2 amide bonds. The van der Waals surface area contributed by atoms with Crippen molar-refractivity contribution in [1.82, 2.24) is 19.9 Å². The zero-order valence-corrected chi connectivity index (χ0v) is 23.2. The number of carbonyl (C=O) groups excluding carboxylic acids is 1. The van der Waals surface area contributed by atoms with Gasteiger partial charge in [0.25, 0.3) is 0 Å². The van der Waals surface area contributed by atoms with Gasteiger partial charge in [0.1, 0.15) is 0 Å². The smallest absolute Gasteiger partial charge is 0.319 e. The largest absolute Gasteiger partial charge is 0.337 e. The van der Waals surface area contributed by atoms with E-state index in [0.29, 0.717) is 18.0 Å². The number of likely N-dealkylation sites (tertiary alicyclic amines) is 1. The molecule has 1 aliphatic rings. The van der Waals surface area contributed by atoms with Gasteiger partial charge in [0.15, 0.2) is 0 Å². The fourth-order valence-corrected chi connectivity index (χ4v) is 6.19. The summed E-state index contributed by atoms with van der Waals surface area (Å²) in [6.07, 6.45) is 5.95. The average molecular weight is 538 g/mol. The van der Waals surface area contributed by atoms with Gasteiger partial charge in [-0.15, -0.1) is 0 Å². The molecule has 1 aromatic heterocycles. The van der Waals surface area contributed by atoms with E-state index in [4.69, 9.17) is 0 Å². The molecule has 0 radical (unpaired) electrons. The number of amides is 2. The lowest BCUT2D eigenvalue weighted by Crippen LogP contribution is -2.46. The zero-order chi connectivity index (χ0) is 27.0. The number of para-hydroxylation sites is 1. The molecule has 38 heavy (non-hydrogen) atoms. The van der Waals surface area contributed by atoms with Crippen molar-refractivity contribution in [2.45, 2.75) is 63.3 Å². The Balaban J connectivity index is 1.19. The van der Waals surface area contributed by atoms with Crippen LogP contribution in [0.4, 0.5) is 10.5 Å². The summed E-state index contributed by atoms with van der Waals surface area (Å²) in [5.41, 5.74) is 3.61. The summed E-state index contributed by atoms with van der Waals surface area (Å²) in [6.45, 7) is 6.86. The van der Waals surface area contributed by atoms with E-state index in [1.807, 2.05) is 49.4 Å². The Morgan fingerprint density at radius 1 is 1.05 bits per heavy atom. The van der Waals surface area contributed by atoms with Crippen LogP contribution in [0.1, 0.15) is 50.3 Å². The van der Waals surface area contributed by atoms with Crippen molar-refractivity contribution in [3.8, 4) is 0 Å². The molecule has 0 unspecified atom stereocenters. The Bertz CT molecular complexity index is 1320. The van der Waals surface area contributed by atoms with E-state index in [0.717, 1.165) is 61.1 Å². The van der Waals surface area contributed by atoms with Gasteiger partial charge in [-0.25, -0.2) is 17.9 Å². The topological polar surface area (TPSA) is 103 Å². The number of pyridine rings is 1. The molecule has 3 N–H and O–H groups in total. The highest BCUT2D eigenvalue weighted by Gasteiger charge is 2.24. The third-order valence-corrected chi connectivity index (χ3v) is 8.55. The number of rotatable bonds is 11. The summed E-state index contributed by atoms with van der Waals surface area (Å²) >= 11 is 0. The molecule has 9 heteroatoms. The minimum atomic E-state index is -3.53. The number of fused-ring (bicyclic) bond motifs is 1. The Morgan fingerprint density at radius 3 is 2.53 bits per heavy atom. The van der Waals surface area contributed by atoms with Crippen LogP contribution in [0.25, 0.3) is 10.9 Å². The normalized spacial score (nSPS) is 15.0. The quantitative estimate of drug-likeness (QED) is 0.304. The van der Waals surface area contributed by atoms with Crippen molar-refractivity contribution >= 4 is 32.6 Å². The van der Waals surface area contributed by atoms with E-state index in [-0.39, 0.29) is 12.1 Å². The van der Waals surface area contributed by atoms with Gasteiger partial charge >= 0.3 is 6.03 Å². The lowest BCUT2D eigenvalue weighted by Gasteiger charge is -2.32. The zero-order valence-electron chi connectivity index (χ0n) is 22.4. The summed E-state index contributed by atoms with van der Waals surface area (Å²) in [6, 6.07) is 16.5. The van der Waals surface area contributed by atoms with Gasteiger partial charge in [-0.3, -0.25) is 4.98 Å². The molecular weight excluding hydrogens is 498 g/mol. The summed E-state index contributed by atoms with van der Waals surface area (Å²) in [5.74, 6) is 0. The second-order valence-corrected chi connectivity index (χ2v) is 11.8. The highest BCUT2D eigenvalue weighted by atomic mass is 32.2. The van der Waals surface area contributed by atoms with Gasteiger partial charge in [-0.2, -0.15) is 0 Å². The first-order chi connectivity index (χ1) is 18.3. The molecule has 0 spiro atoms. The molecule has 1 saturated heterocycles. The predicted molar refractivity (Wildman–Crippen MR) is 153 cm³/mol. The number of aryl methyl sites for hydroxylation is 2. The predicted octanol–water partition coefficient (Wildman–Crippen LogP) is 4.84. The SMILES string of the molecule is CCCCCc1ccc(S(=O)(=O)NC2CCN(CCNC(=O)Nc3cc(C)nc4ccccc34)CC2)cc1. The maximum absolute atomic E-state index is 12.9. The van der Waals surface area contributed by atoms with E-state index < -0.39 is 10.0 Å². The van der Waals surface area contributed by atoms with E-state index in [1.165, 1.54) is 18.4 Å². The van der Waals surface area contributed by atoms with Crippen LogP contribution in [0.3, 0.4) is 0 Å². The standard InChI is InChI=1S/C29H39N5O3S/c1-3-4-5-8-23-11-13-25(14-12-23)38(36,37)33-24-15-18-34(19-16-24)20-17-30-29(35)32-28-21-22(2)31-27-10-7-6-9-26(27)28/h6-7,9-14,21,24,33H,3-5,8,15-20H2,1-2H3,(H2,30,31,32,35). The van der Waals surface area contributed by atoms with Gasteiger partial charge in [0.05, 0.1) is 16.1 Å². The van der Waals surface area contributed by atoms with Crippen LogP contribution < -0.4 is 15.4 Å². The summed E-state index contributed by atoms with van der Waals surface area (Å²) in [5, 5.41) is 6.78. The van der Waals surface area contributed by atoms with Crippen molar-refractivity contribution < 1.29 is 13.2 Å². The molecule has 1 aliphatic heterocycles. The van der Waals surface area contributed by atoms with Crippen molar-refractivity contribution in [2.24, 2.45) is 0 Å². The second-order valence-electron chi connectivity index (χ2n) is 10.0. The third kappa shape index (κ3) is 7.75. The number of hydrogen-bond acceptors (Lipinski definition) is 5. The first-order valence-electron chi connectivity index (χ1n) is 13.6. The van der Waals surface area contributed by atoms with E-state index in [2.05, 4.69) is 32.2 Å². The van der Waals surface area contributed by atoms with Crippen LogP contribution in [-0.2, 0) is 16.4 Å². The molecule has 4 rings (SSSR count). The third-order valence-electron chi connectivity index (χ3n) is 7.02. The van der Waals surface area contributed by atoms with Crippen molar-refractivity contribution in [3.05, 3.63) is 65.9 Å². The van der Waals surface area contributed by atoms with E-state index >= 15 is 0 Å². The number of nitrogens with one attached hydrogen (secondary N) is 3. The van der Waals surface area contributed by atoms with Gasteiger partial charge in [0, 0.05) is 30.2 Å². The van der Waals surface area contributed by atoms with Gasteiger partial charge in [0.2, 0.25) is 10.0 Å². The maximum atomic E-state index is 12.9. The number of nitrogens with zero attached hydrogens (tertiary/aromatic N) is 2. The van der Waals surface area contributed by atoms with Crippen LogP contribution in [0.2, 0.25) is 0 Å². The summed E-state index contributed by atoms with van der Waals surface area (Å²) < 4.78 is 28.6. The molecule has 2 aromatic carbocycles. The minimum Gasteiger partial charge on any atom is -0.337 e. The fourth-order valence-electron chi connectivity index (χ4n) is 4.88. The van der Waals surface area contributed by atoms with Crippen molar-refractivity contribution in [3.63, 3.8) is 0 Å². The molecule has 3 aromatic rings. The highest BCUT2D eigenvalue weighted by molar-refractivity contribution is 7.89. The summed E-state index contributed by atoms with van der Waals surface area (Å²) in [4.78, 5) is 19.6. The number of urea groups is 1. The number of unbranched alkanes of at least 4 members (excludes halogenated alkanes) is 2. The van der Waals surface area contributed by atoms with Crippen LogP contribution in [0.15, 0.2) is 59.5 Å². The maximum Gasteiger partial charge on any atom is 0.319 e. The van der Waals surface area contributed by atoms with Crippen LogP contribution in [0, 0.1) is 6.92 Å². The molecule has 0 atom stereocenters. The molecule has 1 fully saturated rings. The first-order valence-corrected chi connectivity index (χ1v) is 15.1. The van der Waals surface area contributed by atoms with Crippen LogP contribution in [0.5, 0.6) is 0 Å². The van der Waals surface area contributed by atoms with Crippen molar-refractivity contribution in [1.29, 1.82) is 0 Å². The molecule has 0 bridgehead atoms. The van der Waals surface area contributed by atoms with Crippen LogP contribution in [-0.4, -0.2) is 56.6 Å². The molecule has 0 aliphatic carbocycles. The number of aromatic nitrogens is 1. The Hall–Kier alpha value is -3.01. The lowest BCUT2D eigenvalue weighted by molar-refractivity contribution is 0.206. The number of piperidine rings is 1. The number of benzene rings is 2. The second kappa shape index (κ2) is 13.2. The van der Waals surface area contributed by atoms with Gasteiger partial charge < -0.3 is 15.5 Å². The molecule has 204 valence electrons. The van der Waals surface area contributed by atoms with Crippen molar-refractivity contribution in [2.75, 3.05) is 31.5 Å². The summed E-state index contributed by atoms with van der Waals surface area (Å²) in [7, 11) is -3.53. The highest BCUT2D eigenvalue weighted by Crippen LogP contribution is 2.23. The fraction of sp³-hybridized carbons (Fsp3) is 0.448. The monoisotopic (exact) mass is 537 g/mol. The number of carbonyl (C=O) groups is 1. The molecule has 8 nitrogen and oxygen atoms in total. The Labute approximate surface area is 226 Å². The van der Waals surface area contributed by atoms with Gasteiger partial charge in [-0.05, 0) is 75.5 Å². The molecule has 0 saturated carbocycles. The number of hydrogen-bond donors (Lipinski definition) is 3.